The Hall–Kier alpha value is -5.01. The average Bonchev–Trinajstić information content (AvgIpc) is 3.19. The van der Waals surface area contributed by atoms with E-state index in [1.807, 2.05) is 81.4 Å². The predicted molar refractivity (Wildman–Crippen MR) is 216 cm³/mol. The smallest absolute Gasteiger partial charge is 0.497 e. The van der Waals surface area contributed by atoms with Gasteiger partial charge in [-0.05, 0) is 117 Å². The first kappa shape index (κ1) is 43.7. The molecular weight excluding hydrogens is 731 g/mol. The van der Waals surface area contributed by atoms with Gasteiger partial charge in [0.15, 0.2) is 0 Å². The lowest BCUT2D eigenvalue weighted by Gasteiger charge is -2.31. The van der Waals surface area contributed by atoms with Crippen LogP contribution in [0.1, 0.15) is 86.5 Å². The number of ether oxygens (including phenoxy) is 4. The molecule has 1 N–H and O–H groups in total. The van der Waals surface area contributed by atoms with E-state index >= 15 is 0 Å². The van der Waals surface area contributed by atoms with Crippen molar-refractivity contribution in [3.63, 3.8) is 0 Å². The lowest BCUT2D eigenvalue weighted by Crippen LogP contribution is -2.46. The van der Waals surface area contributed by atoms with E-state index < -0.39 is 32.3 Å². The first-order valence-electron chi connectivity index (χ1n) is 19.2. The van der Waals surface area contributed by atoms with E-state index in [-0.39, 0.29) is 6.61 Å². The monoisotopic (exact) mass is 785 g/mol. The summed E-state index contributed by atoms with van der Waals surface area (Å²) in [5, 5.41) is 2.82. The Morgan fingerprint density at radius 3 is 1.66 bits per heavy atom. The van der Waals surface area contributed by atoms with Crippen LogP contribution in [0.3, 0.4) is 0 Å². The van der Waals surface area contributed by atoms with E-state index in [0.717, 1.165) is 34.4 Å². The molecule has 0 aliphatic heterocycles. The first-order chi connectivity index (χ1) is 27.0. The number of hydrogen-bond donors (Lipinski definition) is 1. The van der Waals surface area contributed by atoms with Crippen molar-refractivity contribution in [2.75, 3.05) is 40.1 Å². The molecule has 0 saturated carbocycles. The zero-order chi connectivity index (χ0) is 40.4. The Bertz CT molecular complexity index is 1800. The average molecular weight is 786 g/mol. The minimum atomic E-state index is -2.78. The molecule has 4 aromatic rings. The van der Waals surface area contributed by atoms with Crippen molar-refractivity contribution in [2.24, 2.45) is 0 Å². The maximum Gasteiger partial charge on any atom is 0.500 e. The third-order valence-electron chi connectivity index (χ3n) is 9.29. The molecule has 1 amide bonds. The van der Waals surface area contributed by atoms with Crippen LogP contribution in [0.2, 0.25) is 6.04 Å². The SMILES string of the molecule is CCO[Si](CCCNC(=O)OCCCC(C)(c1ccc(OC(C)=O)cc1)c1ccc(OC(=O)c2ccc(Cc3ccc(OC)cc3)cc2)cc1)(OCC)OCC. The van der Waals surface area contributed by atoms with Gasteiger partial charge in [0.2, 0.25) is 0 Å². The van der Waals surface area contributed by atoms with Crippen molar-refractivity contribution in [1.29, 1.82) is 0 Å². The predicted octanol–water partition coefficient (Wildman–Crippen LogP) is 8.68. The second-order valence-corrected chi connectivity index (χ2v) is 16.1. The topological polar surface area (TPSA) is 128 Å². The first-order valence-corrected chi connectivity index (χ1v) is 21.1. The second-order valence-electron chi connectivity index (χ2n) is 13.3. The van der Waals surface area contributed by atoms with Crippen LogP contribution in [0.4, 0.5) is 4.79 Å². The van der Waals surface area contributed by atoms with E-state index in [4.69, 9.17) is 32.2 Å². The summed E-state index contributed by atoms with van der Waals surface area (Å²) in [6.07, 6.45) is 2.06. The highest BCUT2D eigenvalue weighted by Crippen LogP contribution is 2.38. The van der Waals surface area contributed by atoms with E-state index in [1.165, 1.54) is 6.92 Å². The van der Waals surface area contributed by atoms with Crippen molar-refractivity contribution in [3.8, 4) is 17.2 Å². The fourth-order valence-electron chi connectivity index (χ4n) is 6.44. The number of carbonyl (C=O) groups is 3. The minimum absolute atomic E-state index is 0.205. The lowest BCUT2D eigenvalue weighted by molar-refractivity contribution is -0.131. The number of methoxy groups -OCH3 is 1. The van der Waals surface area contributed by atoms with Gasteiger partial charge in [0.05, 0.1) is 19.3 Å². The van der Waals surface area contributed by atoms with Crippen molar-refractivity contribution in [2.45, 2.75) is 71.8 Å². The molecule has 4 rings (SSSR count). The number of esters is 2. The standard InChI is InChI=1S/C44H55NO10Si/c1-7-51-56(52-8-2,53-9-3)31-11-29-45-43(48)50-30-10-28-44(5,37-18-24-40(25-19-37)54-33(4)46)38-20-26-41(27-21-38)55-42(47)36-16-12-34(13-17-36)32-35-14-22-39(49-6)23-15-35/h12-27H,7-11,28-32H2,1-6H3,(H,45,48). The van der Waals surface area contributed by atoms with E-state index in [0.29, 0.717) is 68.7 Å². The van der Waals surface area contributed by atoms with Gasteiger partial charge >= 0.3 is 26.8 Å². The van der Waals surface area contributed by atoms with Crippen LogP contribution in [-0.2, 0) is 34.6 Å². The van der Waals surface area contributed by atoms with Crippen LogP contribution in [0.5, 0.6) is 17.2 Å². The normalized spacial score (nSPS) is 12.3. The van der Waals surface area contributed by atoms with E-state index in [2.05, 4.69) is 12.2 Å². The number of carbonyl (C=O) groups excluding carboxylic acids is 3. The number of alkyl carbamates (subject to hydrolysis) is 1. The molecule has 1 unspecified atom stereocenters. The Morgan fingerprint density at radius 2 is 1.16 bits per heavy atom. The van der Waals surface area contributed by atoms with E-state index in [9.17, 15) is 14.4 Å². The number of hydrogen-bond acceptors (Lipinski definition) is 10. The molecule has 0 aliphatic carbocycles. The molecule has 0 bridgehead atoms. The molecule has 12 heteroatoms. The lowest BCUT2D eigenvalue weighted by atomic mass is 9.73. The van der Waals surface area contributed by atoms with Crippen LogP contribution in [0.15, 0.2) is 97.1 Å². The van der Waals surface area contributed by atoms with Crippen LogP contribution in [0, 0.1) is 0 Å². The summed E-state index contributed by atoms with van der Waals surface area (Å²) in [5.41, 5.74) is 4.08. The van der Waals surface area contributed by atoms with Gasteiger partial charge in [-0.3, -0.25) is 4.79 Å². The maximum absolute atomic E-state index is 13.1. The van der Waals surface area contributed by atoms with Gasteiger partial charge in [-0.15, -0.1) is 0 Å². The molecule has 11 nitrogen and oxygen atoms in total. The quantitative estimate of drug-likeness (QED) is 0.0358. The minimum Gasteiger partial charge on any atom is -0.497 e. The van der Waals surface area contributed by atoms with Crippen molar-refractivity contribution in [3.05, 3.63) is 125 Å². The van der Waals surface area contributed by atoms with Crippen LogP contribution in [-0.4, -0.2) is 66.9 Å². The molecule has 1 atom stereocenters. The number of nitrogens with one attached hydrogen (secondary N) is 1. The Labute approximate surface area is 331 Å². The zero-order valence-corrected chi connectivity index (χ0v) is 34.4. The summed E-state index contributed by atoms with van der Waals surface area (Å²) >= 11 is 0. The summed E-state index contributed by atoms with van der Waals surface area (Å²) in [5.74, 6) is 0.819. The fourth-order valence-corrected chi connectivity index (χ4v) is 9.06. The van der Waals surface area contributed by atoms with Crippen molar-refractivity contribution >= 4 is 26.8 Å². The molecule has 300 valence electrons. The third-order valence-corrected chi connectivity index (χ3v) is 12.4. The van der Waals surface area contributed by atoms with Gasteiger partial charge in [0, 0.05) is 44.7 Å². The summed E-state index contributed by atoms with van der Waals surface area (Å²) in [6.45, 7) is 11.3. The highest BCUT2D eigenvalue weighted by atomic mass is 28.4. The number of benzene rings is 4. The van der Waals surface area contributed by atoms with Gasteiger partial charge in [0.1, 0.15) is 17.2 Å². The van der Waals surface area contributed by atoms with E-state index in [1.54, 1.807) is 43.5 Å². The molecule has 0 saturated heterocycles. The highest BCUT2D eigenvalue weighted by molar-refractivity contribution is 6.60. The van der Waals surface area contributed by atoms with Crippen LogP contribution in [0.25, 0.3) is 0 Å². The Kier molecular flexibility index (Phi) is 17.1. The second kappa shape index (κ2) is 21.9. The van der Waals surface area contributed by atoms with Crippen LogP contribution >= 0.6 is 0 Å². The highest BCUT2D eigenvalue weighted by Gasteiger charge is 2.39. The summed E-state index contributed by atoms with van der Waals surface area (Å²) < 4.78 is 39.5. The zero-order valence-electron chi connectivity index (χ0n) is 33.4. The third kappa shape index (κ3) is 13.0. The fraction of sp³-hybridized carbons (Fsp3) is 0.386. The molecule has 0 heterocycles. The largest absolute Gasteiger partial charge is 0.500 e. The van der Waals surface area contributed by atoms with Gasteiger partial charge in [-0.1, -0.05) is 55.5 Å². The van der Waals surface area contributed by atoms with Gasteiger partial charge in [0.25, 0.3) is 0 Å². The molecular formula is C44H55NO10Si. The molecule has 56 heavy (non-hydrogen) atoms. The Morgan fingerprint density at radius 1 is 0.661 bits per heavy atom. The van der Waals surface area contributed by atoms with Gasteiger partial charge in [-0.25, -0.2) is 9.59 Å². The summed E-state index contributed by atoms with van der Waals surface area (Å²) in [4.78, 5) is 37.2. The maximum atomic E-state index is 13.1. The van der Waals surface area contributed by atoms with Gasteiger partial charge < -0.3 is 37.5 Å². The molecule has 4 aromatic carbocycles. The molecule has 0 spiro atoms. The Balaban J connectivity index is 1.36. The molecule has 0 fully saturated rings. The summed E-state index contributed by atoms with van der Waals surface area (Å²) in [7, 11) is -1.14. The number of amides is 1. The summed E-state index contributed by atoms with van der Waals surface area (Å²) in [6, 6.07) is 30.7. The van der Waals surface area contributed by atoms with Gasteiger partial charge in [-0.2, -0.15) is 0 Å². The molecule has 0 aromatic heterocycles. The van der Waals surface area contributed by atoms with Crippen molar-refractivity contribution < 1.29 is 46.6 Å². The molecule has 0 radical (unpaired) electrons. The van der Waals surface area contributed by atoms with Crippen LogP contribution < -0.4 is 19.5 Å². The van der Waals surface area contributed by atoms with Crippen molar-refractivity contribution in [1.82, 2.24) is 5.32 Å². The number of rotatable bonds is 22. The molecule has 0 aliphatic rings.